The number of ether oxygens (including phenoxy) is 4. The average Bonchev–Trinajstić information content (AvgIpc) is 3.43. The highest BCUT2D eigenvalue weighted by molar-refractivity contribution is 6.10. The van der Waals surface area contributed by atoms with Gasteiger partial charge in [-0.15, -0.1) is 0 Å². The van der Waals surface area contributed by atoms with Crippen molar-refractivity contribution in [1.82, 2.24) is 0 Å². The zero-order chi connectivity index (χ0) is 16.2. The van der Waals surface area contributed by atoms with E-state index in [-0.39, 0.29) is 11.9 Å². The number of ketones is 1. The minimum atomic E-state index is -0.109. The number of hydrogen-bond donors (Lipinski definition) is 0. The van der Waals surface area contributed by atoms with E-state index in [1.54, 1.807) is 56.7 Å². The molecule has 0 spiro atoms. The summed E-state index contributed by atoms with van der Waals surface area (Å²) in [5, 5.41) is 0. The molecular formula is C18H18O5. The first-order chi connectivity index (χ1) is 11.2. The Morgan fingerprint density at radius 1 is 1.09 bits per heavy atom. The van der Waals surface area contributed by atoms with Gasteiger partial charge < -0.3 is 18.9 Å². The van der Waals surface area contributed by atoms with Crippen molar-refractivity contribution in [1.29, 1.82) is 0 Å². The van der Waals surface area contributed by atoms with Crippen LogP contribution in [0.2, 0.25) is 0 Å². The second-order valence-corrected chi connectivity index (χ2v) is 5.19. The number of hydrogen-bond acceptors (Lipinski definition) is 5. The Labute approximate surface area is 134 Å². The van der Waals surface area contributed by atoms with Crippen LogP contribution in [0.3, 0.4) is 0 Å². The summed E-state index contributed by atoms with van der Waals surface area (Å²) in [6.45, 7) is 1.13. The van der Waals surface area contributed by atoms with Crippen LogP contribution >= 0.6 is 0 Å². The largest absolute Gasteiger partial charge is 0.497 e. The van der Waals surface area contributed by atoms with Crippen molar-refractivity contribution in [2.75, 3.05) is 27.4 Å². The van der Waals surface area contributed by atoms with Crippen LogP contribution in [0.25, 0.3) is 0 Å². The van der Waals surface area contributed by atoms with E-state index in [4.69, 9.17) is 18.9 Å². The van der Waals surface area contributed by atoms with Gasteiger partial charge in [-0.1, -0.05) is 0 Å². The predicted octanol–water partition coefficient (Wildman–Crippen LogP) is 2.71. The van der Waals surface area contributed by atoms with E-state index in [1.807, 2.05) is 0 Å². The molecule has 0 aliphatic carbocycles. The normalized spacial score (nSPS) is 15.8. The van der Waals surface area contributed by atoms with Crippen molar-refractivity contribution in [3.63, 3.8) is 0 Å². The highest BCUT2D eigenvalue weighted by Crippen LogP contribution is 2.28. The molecule has 3 rings (SSSR count). The van der Waals surface area contributed by atoms with E-state index < -0.39 is 0 Å². The minimum Gasteiger partial charge on any atom is -0.497 e. The van der Waals surface area contributed by atoms with Crippen LogP contribution in [-0.4, -0.2) is 39.3 Å². The third kappa shape index (κ3) is 3.63. The molecule has 5 nitrogen and oxygen atoms in total. The molecule has 0 saturated carbocycles. The van der Waals surface area contributed by atoms with Crippen LogP contribution in [0.15, 0.2) is 42.5 Å². The smallest absolute Gasteiger partial charge is 0.196 e. The fraction of sp³-hybridized carbons (Fsp3) is 0.278. The maximum Gasteiger partial charge on any atom is 0.196 e. The lowest BCUT2D eigenvalue weighted by Gasteiger charge is -2.12. The first-order valence-corrected chi connectivity index (χ1v) is 7.32. The standard InChI is InChI=1S/C18H18O5/c1-20-13-5-3-12(4-6-13)18(19)16-8-7-14(21-2)9-17(16)23-11-15-10-22-15/h3-9,15H,10-11H2,1-2H3. The van der Waals surface area contributed by atoms with Crippen molar-refractivity contribution in [2.45, 2.75) is 6.10 Å². The minimum absolute atomic E-state index is 0.109. The van der Waals surface area contributed by atoms with Crippen LogP contribution in [0.1, 0.15) is 15.9 Å². The Morgan fingerprint density at radius 3 is 2.35 bits per heavy atom. The van der Waals surface area contributed by atoms with Gasteiger partial charge in [-0.3, -0.25) is 4.79 Å². The summed E-state index contributed by atoms with van der Waals surface area (Å²) in [6, 6.07) is 12.2. The van der Waals surface area contributed by atoms with Crippen molar-refractivity contribution >= 4 is 5.78 Å². The predicted molar refractivity (Wildman–Crippen MR) is 84.7 cm³/mol. The van der Waals surface area contributed by atoms with Gasteiger partial charge in [0.15, 0.2) is 5.78 Å². The van der Waals surface area contributed by atoms with Crippen molar-refractivity contribution in [3.8, 4) is 17.2 Å². The van der Waals surface area contributed by atoms with E-state index >= 15 is 0 Å². The van der Waals surface area contributed by atoms with Crippen LogP contribution < -0.4 is 14.2 Å². The number of carbonyl (C=O) groups excluding carboxylic acids is 1. The molecule has 23 heavy (non-hydrogen) atoms. The first-order valence-electron chi connectivity index (χ1n) is 7.32. The average molecular weight is 314 g/mol. The zero-order valence-corrected chi connectivity index (χ0v) is 13.1. The highest BCUT2D eigenvalue weighted by Gasteiger charge is 2.24. The van der Waals surface area contributed by atoms with E-state index in [0.29, 0.717) is 41.6 Å². The van der Waals surface area contributed by atoms with Gasteiger partial charge in [0, 0.05) is 11.6 Å². The summed E-state index contributed by atoms with van der Waals surface area (Å²) in [7, 11) is 3.17. The topological polar surface area (TPSA) is 57.3 Å². The molecule has 120 valence electrons. The molecule has 1 aliphatic rings. The summed E-state index contributed by atoms with van der Waals surface area (Å²) in [5.41, 5.74) is 1.07. The number of carbonyl (C=O) groups is 1. The molecular weight excluding hydrogens is 296 g/mol. The van der Waals surface area contributed by atoms with Gasteiger partial charge in [0.2, 0.25) is 0 Å². The van der Waals surface area contributed by atoms with Crippen LogP contribution in [0.4, 0.5) is 0 Å². The molecule has 1 saturated heterocycles. The number of methoxy groups -OCH3 is 2. The lowest BCUT2D eigenvalue weighted by molar-refractivity contribution is 0.103. The molecule has 0 aromatic heterocycles. The van der Waals surface area contributed by atoms with Gasteiger partial charge in [0.1, 0.15) is 30.0 Å². The fourth-order valence-electron chi connectivity index (χ4n) is 2.18. The lowest BCUT2D eigenvalue weighted by Crippen LogP contribution is -2.09. The molecule has 0 radical (unpaired) electrons. The summed E-state index contributed by atoms with van der Waals surface area (Å²) >= 11 is 0. The maximum atomic E-state index is 12.7. The van der Waals surface area contributed by atoms with Gasteiger partial charge in [-0.25, -0.2) is 0 Å². The van der Waals surface area contributed by atoms with Crippen LogP contribution in [0.5, 0.6) is 17.2 Å². The molecule has 0 amide bonds. The molecule has 1 aliphatic heterocycles. The molecule has 2 aromatic rings. The summed E-state index contributed by atoms with van der Waals surface area (Å²) < 4.78 is 21.2. The zero-order valence-electron chi connectivity index (χ0n) is 13.1. The SMILES string of the molecule is COc1ccc(C(=O)c2ccc(OC)cc2OCC2CO2)cc1. The number of benzene rings is 2. The van der Waals surface area contributed by atoms with Gasteiger partial charge in [0.05, 0.1) is 26.4 Å². The van der Waals surface area contributed by atoms with Gasteiger partial charge in [0.25, 0.3) is 0 Å². The van der Waals surface area contributed by atoms with E-state index in [9.17, 15) is 4.79 Å². The third-order valence-electron chi connectivity index (χ3n) is 3.61. The summed E-state index contributed by atoms with van der Waals surface area (Å²) in [6.07, 6.45) is 0.116. The Balaban J connectivity index is 1.87. The summed E-state index contributed by atoms with van der Waals surface area (Å²) in [4.78, 5) is 12.7. The van der Waals surface area contributed by atoms with Crippen LogP contribution in [0, 0.1) is 0 Å². The van der Waals surface area contributed by atoms with E-state index in [2.05, 4.69) is 0 Å². The monoisotopic (exact) mass is 314 g/mol. The van der Waals surface area contributed by atoms with Gasteiger partial charge in [-0.05, 0) is 36.4 Å². The fourth-order valence-corrected chi connectivity index (χ4v) is 2.18. The molecule has 5 heteroatoms. The second kappa shape index (κ2) is 6.71. The summed E-state index contributed by atoms with van der Waals surface area (Å²) in [5.74, 6) is 1.74. The molecule has 2 aromatic carbocycles. The maximum absolute atomic E-state index is 12.7. The Kier molecular flexibility index (Phi) is 4.48. The quantitative estimate of drug-likeness (QED) is 0.581. The number of rotatable bonds is 7. The molecule has 1 atom stereocenters. The lowest BCUT2D eigenvalue weighted by atomic mass is 10.0. The molecule has 1 heterocycles. The Hall–Kier alpha value is -2.53. The van der Waals surface area contributed by atoms with Crippen molar-refractivity contribution in [2.24, 2.45) is 0 Å². The van der Waals surface area contributed by atoms with Gasteiger partial charge >= 0.3 is 0 Å². The molecule has 1 fully saturated rings. The van der Waals surface area contributed by atoms with Crippen LogP contribution in [-0.2, 0) is 4.74 Å². The molecule has 0 bridgehead atoms. The first kappa shape index (κ1) is 15.4. The Bertz CT molecular complexity index is 689. The van der Waals surface area contributed by atoms with Crippen molar-refractivity contribution in [3.05, 3.63) is 53.6 Å². The molecule has 1 unspecified atom stereocenters. The van der Waals surface area contributed by atoms with E-state index in [0.717, 1.165) is 0 Å². The third-order valence-corrected chi connectivity index (χ3v) is 3.61. The Morgan fingerprint density at radius 2 is 1.74 bits per heavy atom. The van der Waals surface area contributed by atoms with E-state index in [1.165, 1.54) is 0 Å². The number of epoxide rings is 1. The highest BCUT2D eigenvalue weighted by atomic mass is 16.6. The van der Waals surface area contributed by atoms with Gasteiger partial charge in [-0.2, -0.15) is 0 Å². The van der Waals surface area contributed by atoms with Crippen molar-refractivity contribution < 1.29 is 23.7 Å². The second-order valence-electron chi connectivity index (χ2n) is 5.19. The molecule has 0 N–H and O–H groups in total.